The fraction of sp³-hybridized carbons (Fsp3) is 0.750. The maximum Gasteiger partial charge on any atom is 0.0884 e. The Labute approximate surface area is 57.7 Å². The van der Waals surface area contributed by atoms with Gasteiger partial charge in [0.05, 0.1) is 12.9 Å². The zero-order valence-electron chi connectivity index (χ0n) is 6.61. The minimum Gasteiger partial charge on any atom is -0.502 e. The van der Waals surface area contributed by atoms with Gasteiger partial charge in [0.1, 0.15) is 0 Å². The molecular formula is C8H16O. The molecule has 0 N–H and O–H groups in total. The summed E-state index contributed by atoms with van der Waals surface area (Å²) in [4.78, 5) is 0. The molecule has 0 saturated heterocycles. The van der Waals surface area contributed by atoms with Crippen LogP contribution >= 0.6 is 0 Å². The Bertz CT molecular complexity index is 84.6. The first-order valence-corrected chi connectivity index (χ1v) is 3.38. The highest BCUT2D eigenvalue weighted by Crippen LogP contribution is 2.09. The van der Waals surface area contributed by atoms with Crippen LogP contribution in [0.25, 0.3) is 0 Å². The zero-order valence-corrected chi connectivity index (χ0v) is 6.61. The molecule has 0 atom stereocenters. The average molecular weight is 128 g/mol. The minimum absolute atomic E-state index is 0.747. The van der Waals surface area contributed by atoms with Crippen LogP contribution in [0.2, 0.25) is 0 Å². The van der Waals surface area contributed by atoms with Gasteiger partial charge in [-0.1, -0.05) is 20.4 Å². The van der Waals surface area contributed by atoms with E-state index in [-0.39, 0.29) is 0 Å². The first-order chi connectivity index (χ1) is 4.16. The lowest BCUT2D eigenvalue weighted by Gasteiger charge is -2.05. The van der Waals surface area contributed by atoms with Gasteiger partial charge in [-0.2, -0.15) is 0 Å². The summed E-state index contributed by atoms with van der Waals surface area (Å²) in [6.45, 7) is 8.12. The molecule has 0 aliphatic heterocycles. The average Bonchev–Trinajstić information content (AvgIpc) is 1.83. The number of ether oxygens (including phenoxy) is 1. The van der Waals surface area contributed by atoms with Crippen LogP contribution in [-0.4, -0.2) is 7.11 Å². The van der Waals surface area contributed by atoms with Gasteiger partial charge >= 0.3 is 0 Å². The molecule has 0 amide bonds. The molecule has 54 valence electrons. The molecule has 0 rings (SSSR count). The molecule has 0 bridgehead atoms. The van der Waals surface area contributed by atoms with Gasteiger partial charge in [-0.05, 0) is 12.3 Å². The van der Waals surface area contributed by atoms with E-state index in [0.717, 1.165) is 18.1 Å². The summed E-state index contributed by atoms with van der Waals surface area (Å²) in [6, 6.07) is 0. The van der Waals surface area contributed by atoms with Gasteiger partial charge in [0.25, 0.3) is 0 Å². The smallest absolute Gasteiger partial charge is 0.0884 e. The predicted octanol–water partition coefficient (Wildman–Crippen LogP) is 2.58. The summed E-state index contributed by atoms with van der Waals surface area (Å²) < 4.78 is 4.91. The summed E-state index contributed by atoms with van der Waals surface area (Å²) in [5, 5.41) is 0. The predicted molar refractivity (Wildman–Crippen MR) is 40.2 cm³/mol. The van der Waals surface area contributed by atoms with Crippen molar-refractivity contribution in [1.29, 1.82) is 0 Å². The van der Waals surface area contributed by atoms with Gasteiger partial charge in [-0.3, -0.25) is 0 Å². The van der Waals surface area contributed by atoms with E-state index in [4.69, 9.17) is 4.74 Å². The molecule has 0 heterocycles. The van der Waals surface area contributed by atoms with Gasteiger partial charge in [0.2, 0.25) is 0 Å². The molecule has 0 fully saturated rings. The molecule has 0 spiro atoms. The summed E-state index contributed by atoms with van der Waals surface area (Å²) in [5.74, 6) is 1.64. The molecule has 0 radical (unpaired) electrons. The Hall–Kier alpha value is -0.460. The Balaban J connectivity index is 3.17. The minimum atomic E-state index is 0.747. The monoisotopic (exact) mass is 128 g/mol. The van der Waals surface area contributed by atoms with Gasteiger partial charge in [-0.15, -0.1) is 0 Å². The van der Waals surface area contributed by atoms with Gasteiger partial charge < -0.3 is 4.74 Å². The third kappa shape index (κ3) is 5.41. The first-order valence-electron chi connectivity index (χ1n) is 3.38. The standard InChI is InChI=1S/C8H16O/c1-7(2)5-6-8(3)9-4/h7H,3,5-6H2,1-2,4H3. The lowest BCUT2D eigenvalue weighted by Crippen LogP contribution is -1.90. The second-order valence-corrected chi connectivity index (χ2v) is 2.68. The topological polar surface area (TPSA) is 9.23 Å². The number of allylic oxidation sites excluding steroid dienone is 1. The molecule has 1 heteroatoms. The summed E-state index contributed by atoms with van der Waals surface area (Å²) in [6.07, 6.45) is 2.17. The van der Waals surface area contributed by atoms with Crippen molar-refractivity contribution < 1.29 is 4.74 Å². The van der Waals surface area contributed by atoms with E-state index >= 15 is 0 Å². The number of hydrogen-bond acceptors (Lipinski definition) is 1. The van der Waals surface area contributed by atoms with Gasteiger partial charge in [0.15, 0.2) is 0 Å². The Morgan fingerprint density at radius 2 is 2.11 bits per heavy atom. The fourth-order valence-electron chi connectivity index (χ4n) is 0.552. The van der Waals surface area contributed by atoms with Gasteiger partial charge in [0, 0.05) is 6.42 Å². The third-order valence-electron chi connectivity index (χ3n) is 1.29. The highest BCUT2D eigenvalue weighted by Gasteiger charge is 1.95. The normalized spacial score (nSPS) is 9.78. The first kappa shape index (κ1) is 8.54. The van der Waals surface area contributed by atoms with Crippen LogP contribution in [0.3, 0.4) is 0 Å². The van der Waals surface area contributed by atoms with E-state index in [9.17, 15) is 0 Å². The molecule has 0 aromatic rings. The molecule has 1 nitrogen and oxygen atoms in total. The van der Waals surface area contributed by atoms with Crippen molar-refractivity contribution in [2.45, 2.75) is 26.7 Å². The fourth-order valence-corrected chi connectivity index (χ4v) is 0.552. The van der Waals surface area contributed by atoms with E-state index < -0.39 is 0 Å². The second kappa shape index (κ2) is 4.42. The Kier molecular flexibility index (Phi) is 4.20. The molecular weight excluding hydrogens is 112 g/mol. The van der Waals surface area contributed by atoms with E-state index in [1.54, 1.807) is 7.11 Å². The summed E-state index contributed by atoms with van der Waals surface area (Å²) in [7, 11) is 1.67. The van der Waals surface area contributed by atoms with Crippen LogP contribution in [-0.2, 0) is 4.74 Å². The quantitative estimate of drug-likeness (QED) is 0.529. The third-order valence-corrected chi connectivity index (χ3v) is 1.29. The lowest BCUT2D eigenvalue weighted by atomic mass is 10.1. The van der Waals surface area contributed by atoms with E-state index in [0.29, 0.717) is 0 Å². The number of methoxy groups -OCH3 is 1. The van der Waals surface area contributed by atoms with Crippen LogP contribution < -0.4 is 0 Å². The maximum absolute atomic E-state index is 4.91. The maximum atomic E-state index is 4.91. The van der Waals surface area contributed by atoms with E-state index in [1.807, 2.05) is 0 Å². The van der Waals surface area contributed by atoms with Crippen molar-refractivity contribution in [3.63, 3.8) is 0 Å². The van der Waals surface area contributed by atoms with Crippen LogP contribution in [0.4, 0.5) is 0 Å². The van der Waals surface area contributed by atoms with E-state index in [2.05, 4.69) is 20.4 Å². The second-order valence-electron chi connectivity index (χ2n) is 2.68. The zero-order chi connectivity index (χ0) is 7.28. The van der Waals surface area contributed by atoms with Crippen molar-refractivity contribution in [3.05, 3.63) is 12.3 Å². The molecule has 9 heavy (non-hydrogen) atoms. The van der Waals surface area contributed by atoms with Crippen molar-refractivity contribution >= 4 is 0 Å². The molecule has 0 saturated carbocycles. The highest BCUT2D eigenvalue weighted by molar-refractivity contribution is 4.81. The van der Waals surface area contributed by atoms with Crippen LogP contribution in [0.15, 0.2) is 12.3 Å². The SMILES string of the molecule is C=C(CCC(C)C)OC. The molecule has 0 aromatic heterocycles. The van der Waals surface area contributed by atoms with Crippen molar-refractivity contribution in [1.82, 2.24) is 0 Å². The molecule has 0 aliphatic carbocycles. The van der Waals surface area contributed by atoms with Crippen molar-refractivity contribution in [3.8, 4) is 0 Å². The largest absolute Gasteiger partial charge is 0.502 e. The molecule has 0 unspecified atom stereocenters. The van der Waals surface area contributed by atoms with Crippen LogP contribution in [0, 0.1) is 5.92 Å². The van der Waals surface area contributed by atoms with Gasteiger partial charge in [-0.25, -0.2) is 0 Å². The lowest BCUT2D eigenvalue weighted by molar-refractivity contribution is 0.272. The van der Waals surface area contributed by atoms with Crippen LogP contribution in [0.1, 0.15) is 26.7 Å². The molecule has 0 aliphatic rings. The molecule has 0 aromatic carbocycles. The summed E-state index contributed by atoms with van der Waals surface area (Å²) >= 11 is 0. The van der Waals surface area contributed by atoms with E-state index in [1.165, 1.54) is 6.42 Å². The Morgan fingerprint density at radius 1 is 1.56 bits per heavy atom. The summed E-state index contributed by atoms with van der Waals surface area (Å²) in [5.41, 5.74) is 0. The number of hydrogen-bond donors (Lipinski definition) is 0. The van der Waals surface area contributed by atoms with Crippen molar-refractivity contribution in [2.75, 3.05) is 7.11 Å². The van der Waals surface area contributed by atoms with Crippen LogP contribution in [0.5, 0.6) is 0 Å². The van der Waals surface area contributed by atoms with Crippen molar-refractivity contribution in [2.24, 2.45) is 5.92 Å². The highest BCUT2D eigenvalue weighted by atomic mass is 16.5. The Morgan fingerprint density at radius 3 is 2.44 bits per heavy atom. The number of rotatable bonds is 4.